The molecule has 0 amide bonds. The van der Waals surface area contributed by atoms with Crippen molar-refractivity contribution < 1.29 is 9.66 Å². The average molecular weight is 264 g/mol. The maximum Gasteiger partial charge on any atom is 0.287 e. The lowest BCUT2D eigenvalue weighted by Crippen LogP contribution is -2.58. The van der Waals surface area contributed by atoms with Crippen LogP contribution in [0.2, 0.25) is 0 Å². The quantitative estimate of drug-likeness (QED) is 0.572. The number of nitrogens with zero attached hydrogens (tertiary/aromatic N) is 4. The number of piperazine rings is 1. The van der Waals surface area contributed by atoms with Gasteiger partial charge in [0.05, 0.1) is 24.2 Å². The van der Waals surface area contributed by atoms with Crippen molar-refractivity contribution in [3.63, 3.8) is 0 Å². The summed E-state index contributed by atoms with van der Waals surface area (Å²) in [4.78, 5) is 19.0. The van der Waals surface area contributed by atoms with E-state index >= 15 is 0 Å². The van der Waals surface area contributed by atoms with Crippen molar-refractivity contribution in [2.75, 3.05) is 44.3 Å². The Balaban J connectivity index is 1.70. The highest BCUT2D eigenvalue weighted by Gasteiger charge is 2.30. The first-order valence-electron chi connectivity index (χ1n) is 6.41. The van der Waals surface area contributed by atoms with E-state index in [-0.39, 0.29) is 5.69 Å². The van der Waals surface area contributed by atoms with Gasteiger partial charge in [-0.2, -0.15) is 0 Å². The first-order chi connectivity index (χ1) is 9.24. The van der Waals surface area contributed by atoms with E-state index in [4.69, 9.17) is 4.74 Å². The van der Waals surface area contributed by atoms with Crippen molar-refractivity contribution in [3.8, 4) is 0 Å². The number of hydrogen-bond acceptors (Lipinski definition) is 6. The van der Waals surface area contributed by atoms with Gasteiger partial charge in [0.25, 0.3) is 5.69 Å². The van der Waals surface area contributed by atoms with Gasteiger partial charge in [0.2, 0.25) is 0 Å². The molecule has 0 saturated carbocycles. The number of hydrogen-bond donors (Lipinski definition) is 0. The molecule has 1 aromatic rings. The highest BCUT2D eigenvalue weighted by Crippen LogP contribution is 2.20. The Morgan fingerprint density at radius 3 is 3.00 bits per heavy atom. The average Bonchev–Trinajstić information content (AvgIpc) is 2.47. The van der Waals surface area contributed by atoms with E-state index in [1.165, 1.54) is 12.3 Å². The van der Waals surface area contributed by atoms with Crippen LogP contribution in [-0.2, 0) is 4.74 Å². The van der Waals surface area contributed by atoms with Gasteiger partial charge in [0.15, 0.2) is 0 Å². The van der Waals surface area contributed by atoms with E-state index < -0.39 is 4.92 Å². The molecule has 0 N–H and O–H groups in total. The smallest absolute Gasteiger partial charge is 0.287 e. The predicted octanol–water partition coefficient (Wildman–Crippen LogP) is 0.511. The van der Waals surface area contributed by atoms with Crippen molar-refractivity contribution in [1.29, 1.82) is 0 Å². The molecule has 0 unspecified atom stereocenters. The Morgan fingerprint density at radius 2 is 2.26 bits per heavy atom. The summed E-state index contributed by atoms with van der Waals surface area (Å²) < 4.78 is 5.50. The van der Waals surface area contributed by atoms with Crippen LogP contribution in [0.5, 0.6) is 0 Å². The van der Waals surface area contributed by atoms with E-state index in [9.17, 15) is 10.1 Å². The Kier molecular flexibility index (Phi) is 3.31. The standard InChI is InChI=1S/C12H16N4O3/c17-16(18)10-1-2-12(13-7-10)15-4-3-14-5-6-19-9-11(14)8-15/h1-2,7,11H,3-6,8-9H2/t11-/m1/s1. The van der Waals surface area contributed by atoms with Crippen LogP contribution in [-0.4, -0.2) is 60.2 Å². The molecule has 7 heteroatoms. The molecule has 3 heterocycles. The summed E-state index contributed by atoms with van der Waals surface area (Å²) >= 11 is 0. The summed E-state index contributed by atoms with van der Waals surface area (Å²) in [5.41, 5.74) is 0.0309. The van der Waals surface area contributed by atoms with Crippen LogP contribution in [0.25, 0.3) is 0 Å². The highest BCUT2D eigenvalue weighted by atomic mass is 16.6. The van der Waals surface area contributed by atoms with Gasteiger partial charge in [-0.15, -0.1) is 0 Å². The normalized spacial score (nSPS) is 24.0. The van der Waals surface area contributed by atoms with Crippen LogP contribution in [0.15, 0.2) is 18.3 Å². The van der Waals surface area contributed by atoms with Crippen molar-refractivity contribution in [1.82, 2.24) is 9.88 Å². The second-order valence-corrected chi connectivity index (χ2v) is 4.84. The first kappa shape index (κ1) is 12.3. The molecule has 0 bridgehead atoms. The SMILES string of the molecule is O=[N+]([O-])c1ccc(N2CCN3CCOC[C@H]3C2)nc1. The molecule has 102 valence electrons. The summed E-state index contributed by atoms with van der Waals surface area (Å²) in [5.74, 6) is 0.802. The molecule has 7 nitrogen and oxygen atoms in total. The molecule has 2 aliphatic heterocycles. The third-order valence-corrected chi connectivity index (χ3v) is 3.70. The summed E-state index contributed by atoms with van der Waals surface area (Å²) in [6, 6.07) is 3.63. The van der Waals surface area contributed by atoms with Crippen molar-refractivity contribution in [2.24, 2.45) is 0 Å². The van der Waals surface area contributed by atoms with Gasteiger partial charge in [0.1, 0.15) is 12.0 Å². The number of nitro groups is 1. The van der Waals surface area contributed by atoms with E-state index in [0.717, 1.165) is 45.2 Å². The van der Waals surface area contributed by atoms with Crippen LogP contribution >= 0.6 is 0 Å². The number of ether oxygens (including phenoxy) is 1. The lowest BCUT2D eigenvalue weighted by molar-refractivity contribution is -0.385. The molecule has 19 heavy (non-hydrogen) atoms. The van der Waals surface area contributed by atoms with Crippen molar-refractivity contribution >= 4 is 11.5 Å². The van der Waals surface area contributed by atoms with E-state index in [1.807, 2.05) is 0 Å². The van der Waals surface area contributed by atoms with Gasteiger partial charge in [-0.1, -0.05) is 0 Å². The topological polar surface area (TPSA) is 71.7 Å². The second-order valence-electron chi connectivity index (χ2n) is 4.84. The largest absolute Gasteiger partial charge is 0.378 e. The fourth-order valence-electron chi connectivity index (χ4n) is 2.63. The van der Waals surface area contributed by atoms with Crippen molar-refractivity contribution in [2.45, 2.75) is 6.04 Å². The number of rotatable bonds is 2. The molecule has 2 fully saturated rings. The molecule has 1 aromatic heterocycles. The molecule has 0 radical (unpaired) electrons. The van der Waals surface area contributed by atoms with E-state index in [0.29, 0.717) is 6.04 Å². The van der Waals surface area contributed by atoms with E-state index in [2.05, 4.69) is 14.8 Å². The zero-order chi connectivity index (χ0) is 13.2. The summed E-state index contributed by atoms with van der Waals surface area (Å²) in [5, 5.41) is 10.6. The molecule has 1 atom stereocenters. The predicted molar refractivity (Wildman–Crippen MR) is 69.3 cm³/mol. The van der Waals surface area contributed by atoms with Crippen LogP contribution < -0.4 is 4.90 Å². The lowest BCUT2D eigenvalue weighted by atomic mass is 10.1. The third kappa shape index (κ3) is 2.52. The molecule has 2 aliphatic rings. The third-order valence-electron chi connectivity index (χ3n) is 3.70. The van der Waals surface area contributed by atoms with Gasteiger partial charge >= 0.3 is 0 Å². The number of fused-ring (bicyclic) bond motifs is 1. The Labute approximate surface area is 110 Å². The zero-order valence-electron chi connectivity index (χ0n) is 10.6. The minimum atomic E-state index is -0.427. The minimum Gasteiger partial charge on any atom is -0.378 e. The molecule has 2 saturated heterocycles. The molecule has 3 rings (SSSR count). The fraction of sp³-hybridized carbons (Fsp3) is 0.583. The van der Waals surface area contributed by atoms with Gasteiger partial charge in [-0.3, -0.25) is 15.0 Å². The Bertz CT molecular complexity index is 465. The number of pyridine rings is 1. The summed E-state index contributed by atoms with van der Waals surface area (Å²) in [7, 11) is 0. The highest BCUT2D eigenvalue weighted by molar-refractivity contribution is 5.43. The maximum absolute atomic E-state index is 10.6. The van der Waals surface area contributed by atoms with E-state index in [1.54, 1.807) is 6.07 Å². The minimum absolute atomic E-state index is 0.0309. The molecular weight excluding hydrogens is 248 g/mol. The summed E-state index contributed by atoms with van der Waals surface area (Å²) in [6.45, 7) is 5.32. The zero-order valence-corrected chi connectivity index (χ0v) is 10.6. The maximum atomic E-state index is 10.6. The number of aromatic nitrogens is 1. The second kappa shape index (κ2) is 5.10. The van der Waals surface area contributed by atoms with Gasteiger partial charge in [0, 0.05) is 32.2 Å². The Hall–Kier alpha value is -1.73. The monoisotopic (exact) mass is 264 g/mol. The molecular formula is C12H16N4O3. The van der Waals surface area contributed by atoms with Crippen molar-refractivity contribution in [3.05, 3.63) is 28.4 Å². The summed E-state index contributed by atoms with van der Waals surface area (Å²) in [6.07, 6.45) is 1.32. The Morgan fingerprint density at radius 1 is 1.37 bits per heavy atom. The van der Waals surface area contributed by atoms with Crippen LogP contribution in [0.3, 0.4) is 0 Å². The first-order valence-corrected chi connectivity index (χ1v) is 6.41. The van der Waals surface area contributed by atoms with Gasteiger partial charge in [-0.05, 0) is 6.07 Å². The van der Waals surface area contributed by atoms with Crippen LogP contribution in [0, 0.1) is 10.1 Å². The van der Waals surface area contributed by atoms with Gasteiger partial charge < -0.3 is 9.64 Å². The fourth-order valence-corrected chi connectivity index (χ4v) is 2.63. The van der Waals surface area contributed by atoms with Crippen LogP contribution in [0.1, 0.15) is 0 Å². The number of anilines is 1. The van der Waals surface area contributed by atoms with Gasteiger partial charge in [-0.25, -0.2) is 4.98 Å². The number of morpholine rings is 1. The molecule has 0 spiro atoms. The van der Waals surface area contributed by atoms with Crippen LogP contribution in [0.4, 0.5) is 11.5 Å². The lowest BCUT2D eigenvalue weighted by Gasteiger charge is -2.44. The molecule has 0 aromatic carbocycles. The molecule has 0 aliphatic carbocycles.